The van der Waals surface area contributed by atoms with Gasteiger partial charge in [0.1, 0.15) is 6.23 Å². The molecule has 0 aliphatic carbocycles. The van der Waals surface area contributed by atoms with Gasteiger partial charge in [0.05, 0.1) is 21.8 Å². The summed E-state index contributed by atoms with van der Waals surface area (Å²) >= 11 is 11.8. The summed E-state index contributed by atoms with van der Waals surface area (Å²) in [5.41, 5.74) is 6.55. The molecule has 4 nitrogen and oxygen atoms in total. The zero-order valence-electron chi connectivity index (χ0n) is 9.71. The molecule has 0 aromatic heterocycles. The van der Waals surface area contributed by atoms with Crippen molar-refractivity contribution in [2.75, 3.05) is 19.4 Å². The summed E-state index contributed by atoms with van der Waals surface area (Å²) < 4.78 is 5.01. The summed E-state index contributed by atoms with van der Waals surface area (Å²) in [6, 6.07) is 3.21. The molecule has 0 spiro atoms. The van der Waals surface area contributed by atoms with Crippen LogP contribution in [0.3, 0.4) is 0 Å². The van der Waals surface area contributed by atoms with E-state index in [-0.39, 0.29) is 6.23 Å². The second kappa shape index (κ2) is 6.42. The highest BCUT2D eigenvalue weighted by molar-refractivity contribution is 6.38. The fourth-order valence-corrected chi connectivity index (χ4v) is 1.78. The van der Waals surface area contributed by atoms with E-state index in [1.165, 1.54) is 0 Å². The minimum absolute atomic E-state index is 0.135. The van der Waals surface area contributed by atoms with Crippen LogP contribution >= 0.6 is 23.2 Å². The lowest BCUT2D eigenvalue weighted by Gasteiger charge is -2.17. The van der Waals surface area contributed by atoms with Crippen LogP contribution in [0, 0.1) is 0 Å². The van der Waals surface area contributed by atoms with Crippen LogP contribution in [-0.2, 0) is 4.74 Å². The molecule has 0 saturated carbocycles. The first-order valence-corrected chi connectivity index (χ1v) is 5.90. The molecule has 0 amide bonds. The lowest BCUT2D eigenvalue weighted by Crippen LogP contribution is -2.31. The van der Waals surface area contributed by atoms with Gasteiger partial charge in [-0.2, -0.15) is 0 Å². The zero-order valence-corrected chi connectivity index (χ0v) is 11.2. The average Bonchev–Trinajstić information content (AvgIpc) is 2.31. The second-order valence-corrected chi connectivity index (χ2v) is 4.51. The van der Waals surface area contributed by atoms with Crippen molar-refractivity contribution in [2.24, 2.45) is 0 Å². The Bertz CT molecular complexity index is 365. The summed E-state index contributed by atoms with van der Waals surface area (Å²) in [4.78, 5) is 0. The summed E-state index contributed by atoms with van der Waals surface area (Å²) in [6.07, 6.45) is -0.854. The number of rotatable bonds is 5. The maximum absolute atomic E-state index is 9.93. The first-order chi connectivity index (χ1) is 7.95. The predicted octanol–water partition coefficient (Wildman–Crippen LogP) is 2.19. The average molecular weight is 279 g/mol. The summed E-state index contributed by atoms with van der Waals surface area (Å²) in [6.45, 7) is 2.18. The fraction of sp³-hybridized carbons (Fsp3) is 0.455. The third kappa shape index (κ3) is 4.01. The molecule has 0 heterocycles. The predicted molar refractivity (Wildman–Crippen MR) is 70.3 cm³/mol. The second-order valence-electron chi connectivity index (χ2n) is 3.70. The number of hydrogen-bond donors (Lipinski definition) is 3. The molecule has 4 N–H and O–H groups in total. The van der Waals surface area contributed by atoms with E-state index in [0.29, 0.717) is 27.8 Å². The Kier molecular flexibility index (Phi) is 5.49. The smallest absolute Gasteiger partial charge is 0.104 e. The molecule has 96 valence electrons. The van der Waals surface area contributed by atoms with Gasteiger partial charge in [-0.05, 0) is 24.6 Å². The number of nitrogens with one attached hydrogen (secondary N) is 1. The molecule has 1 aromatic carbocycles. The third-order valence-corrected chi connectivity index (χ3v) is 3.06. The molecular weight excluding hydrogens is 263 g/mol. The van der Waals surface area contributed by atoms with Crippen molar-refractivity contribution in [3.63, 3.8) is 0 Å². The van der Waals surface area contributed by atoms with E-state index in [9.17, 15) is 5.11 Å². The summed E-state index contributed by atoms with van der Waals surface area (Å²) in [5.74, 6) is 0. The third-order valence-electron chi connectivity index (χ3n) is 2.44. The standard InChI is InChI=1S/C11H16Cl2N2O2/c1-6(17-2)15-5-10(16)7-3-8(12)11(14)9(13)4-7/h3-4,6,10,15-16H,5,14H2,1-2H3. The van der Waals surface area contributed by atoms with E-state index in [1.807, 2.05) is 6.92 Å². The van der Waals surface area contributed by atoms with Crippen LogP contribution < -0.4 is 11.1 Å². The number of aliphatic hydroxyl groups excluding tert-OH is 1. The number of ether oxygens (including phenoxy) is 1. The minimum atomic E-state index is -0.719. The number of halogens is 2. The van der Waals surface area contributed by atoms with Crippen LogP contribution in [0.2, 0.25) is 10.0 Å². The van der Waals surface area contributed by atoms with Crippen LogP contribution in [0.15, 0.2) is 12.1 Å². The van der Waals surface area contributed by atoms with Gasteiger partial charge in [0.25, 0.3) is 0 Å². The molecule has 1 aromatic rings. The van der Waals surface area contributed by atoms with Crippen LogP contribution in [0.4, 0.5) is 5.69 Å². The topological polar surface area (TPSA) is 67.5 Å². The van der Waals surface area contributed by atoms with Crippen molar-refractivity contribution >= 4 is 28.9 Å². The van der Waals surface area contributed by atoms with Crippen molar-refractivity contribution in [3.8, 4) is 0 Å². The Morgan fingerprint density at radius 2 is 1.94 bits per heavy atom. The van der Waals surface area contributed by atoms with Crippen LogP contribution in [0.25, 0.3) is 0 Å². The van der Waals surface area contributed by atoms with Crippen LogP contribution in [-0.4, -0.2) is 25.0 Å². The summed E-state index contributed by atoms with van der Waals surface area (Å²) in [7, 11) is 1.58. The maximum atomic E-state index is 9.93. The van der Waals surface area contributed by atoms with Gasteiger partial charge < -0.3 is 15.6 Å². The molecule has 0 fully saturated rings. The fourth-order valence-electron chi connectivity index (χ4n) is 1.28. The van der Waals surface area contributed by atoms with E-state index < -0.39 is 6.10 Å². The highest BCUT2D eigenvalue weighted by Gasteiger charge is 2.12. The number of nitrogen functional groups attached to an aromatic ring is 1. The molecule has 2 atom stereocenters. The number of anilines is 1. The van der Waals surface area contributed by atoms with Gasteiger partial charge in [-0.15, -0.1) is 0 Å². The highest BCUT2D eigenvalue weighted by Crippen LogP contribution is 2.31. The first kappa shape index (κ1) is 14.5. The Balaban J connectivity index is 2.72. The van der Waals surface area contributed by atoms with Gasteiger partial charge in [-0.25, -0.2) is 0 Å². The van der Waals surface area contributed by atoms with Crippen molar-refractivity contribution in [1.29, 1.82) is 0 Å². The van der Waals surface area contributed by atoms with Crippen molar-refractivity contribution < 1.29 is 9.84 Å². The molecule has 0 aliphatic rings. The molecule has 0 radical (unpaired) electrons. The Labute approximate surface area is 111 Å². The molecule has 17 heavy (non-hydrogen) atoms. The van der Waals surface area contributed by atoms with E-state index in [4.69, 9.17) is 33.7 Å². The number of benzene rings is 1. The number of aliphatic hydroxyl groups is 1. The maximum Gasteiger partial charge on any atom is 0.104 e. The van der Waals surface area contributed by atoms with E-state index >= 15 is 0 Å². The van der Waals surface area contributed by atoms with Gasteiger partial charge in [-0.1, -0.05) is 23.2 Å². The van der Waals surface area contributed by atoms with Crippen molar-refractivity contribution in [2.45, 2.75) is 19.3 Å². The molecule has 2 unspecified atom stereocenters. The SMILES string of the molecule is COC(C)NCC(O)c1cc(Cl)c(N)c(Cl)c1. The highest BCUT2D eigenvalue weighted by atomic mass is 35.5. The van der Waals surface area contributed by atoms with Crippen LogP contribution in [0.5, 0.6) is 0 Å². The lowest BCUT2D eigenvalue weighted by molar-refractivity contribution is 0.0705. The Morgan fingerprint density at radius 3 is 2.41 bits per heavy atom. The van der Waals surface area contributed by atoms with Gasteiger partial charge in [0.15, 0.2) is 0 Å². The van der Waals surface area contributed by atoms with Gasteiger partial charge in [0.2, 0.25) is 0 Å². The van der Waals surface area contributed by atoms with Crippen molar-refractivity contribution in [3.05, 3.63) is 27.7 Å². The molecule has 0 aliphatic heterocycles. The minimum Gasteiger partial charge on any atom is -0.396 e. The van der Waals surface area contributed by atoms with Gasteiger partial charge in [-0.3, -0.25) is 5.32 Å². The van der Waals surface area contributed by atoms with Gasteiger partial charge >= 0.3 is 0 Å². The van der Waals surface area contributed by atoms with Gasteiger partial charge in [0, 0.05) is 13.7 Å². The van der Waals surface area contributed by atoms with Crippen LogP contribution in [0.1, 0.15) is 18.6 Å². The largest absolute Gasteiger partial charge is 0.396 e. The van der Waals surface area contributed by atoms with Crippen molar-refractivity contribution in [1.82, 2.24) is 5.32 Å². The molecule has 6 heteroatoms. The number of hydrogen-bond acceptors (Lipinski definition) is 4. The summed E-state index contributed by atoms with van der Waals surface area (Å²) in [5, 5.41) is 13.6. The monoisotopic (exact) mass is 278 g/mol. The first-order valence-electron chi connectivity index (χ1n) is 5.14. The number of nitrogens with two attached hydrogens (primary N) is 1. The molecular formula is C11H16Cl2N2O2. The molecule has 1 rings (SSSR count). The van der Waals surface area contributed by atoms with E-state index in [1.54, 1.807) is 19.2 Å². The van der Waals surface area contributed by atoms with E-state index in [2.05, 4.69) is 5.32 Å². The zero-order chi connectivity index (χ0) is 13.0. The number of methoxy groups -OCH3 is 1. The normalized spacial score (nSPS) is 14.6. The molecule has 0 saturated heterocycles. The lowest BCUT2D eigenvalue weighted by atomic mass is 10.1. The molecule has 0 bridgehead atoms. The Morgan fingerprint density at radius 1 is 1.41 bits per heavy atom. The Hall–Kier alpha value is -0.520. The van der Waals surface area contributed by atoms with E-state index in [0.717, 1.165) is 0 Å². The quantitative estimate of drug-likeness (QED) is 0.571.